The van der Waals surface area contributed by atoms with E-state index in [4.69, 9.17) is 4.52 Å². The maximum absolute atomic E-state index is 11.8. The summed E-state index contributed by atoms with van der Waals surface area (Å²) in [6.07, 6.45) is 7.26. The monoisotopic (exact) mass is 320 g/mol. The molecule has 1 aliphatic carbocycles. The van der Waals surface area contributed by atoms with Crippen molar-refractivity contribution >= 4 is 5.91 Å². The molecule has 0 radical (unpaired) electrons. The molecule has 6 nitrogen and oxygen atoms in total. The lowest BCUT2D eigenvalue weighted by molar-refractivity contribution is -0.123. The maximum atomic E-state index is 11.8. The molecule has 0 aromatic carbocycles. The molecule has 2 aliphatic rings. The standard InChI is InChI=1S/C17H28N4O2/c1-3-4-5-15-19-17(23-20-15)12(2)21-10-8-14(9-11-21)18-16(22)13-6-7-13/h12-14H,3-11H2,1-2H3,(H,18,22)/t12-/m0/s1. The molecule has 1 atom stereocenters. The van der Waals surface area contributed by atoms with E-state index in [9.17, 15) is 4.79 Å². The molecule has 1 saturated carbocycles. The lowest BCUT2D eigenvalue weighted by Crippen LogP contribution is -2.45. The van der Waals surface area contributed by atoms with E-state index in [1.807, 2.05) is 0 Å². The second-order valence-electron chi connectivity index (χ2n) is 6.92. The Labute approximate surface area is 138 Å². The Hall–Kier alpha value is -1.43. The number of hydrogen-bond acceptors (Lipinski definition) is 5. The van der Waals surface area contributed by atoms with Gasteiger partial charge >= 0.3 is 0 Å². The van der Waals surface area contributed by atoms with Crippen LogP contribution in [-0.2, 0) is 11.2 Å². The summed E-state index contributed by atoms with van der Waals surface area (Å²) in [4.78, 5) is 18.7. The van der Waals surface area contributed by atoms with Gasteiger partial charge in [-0.25, -0.2) is 0 Å². The van der Waals surface area contributed by atoms with Crippen LogP contribution in [0.4, 0.5) is 0 Å². The molecule has 1 amide bonds. The first-order valence-corrected chi connectivity index (χ1v) is 9.04. The molecule has 1 aromatic heterocycles. The van der Waals surface area contributed by atoms with Crippen LogP contribution in [0.5, 0.6) is 0 Å². The number of nitrogens with one attached hydrogen (secondary N) is 1. The molecule has 23 heavy (non-hydrogen) atoms. The third kappa shape index (κ3) is 4.31. The van der Waals surface area contributed by atoms with E-state index in [0.29, 0.717) is 12.0 Å². The van der Waals surface area contributed by atoms with Crippen LogP contribution in [0.2, 0.25) is 0 Å². The van der Waals surface area contributed by atoms with Crippen molar-refractivity contribution in [1.29, 1.82) is 0 Å². The topological polar surface area (TPSA) is 71.3 Å². The number of aryl methyl sites for hydroxylation is 1. The molecule has 1 aromatic rings. The number of rotatable bonds is 7. The van der Waals surface area contributed by atoms with Crippen molar-refractivity contribution < 1.29 is 9.32 Å². The van der Waals surface area contributed by atoms with Crippen molar-refractivity contribution in [2.75, 3.05) is 13.1 Å². The predicted octanol–water partition coefficient (Wildman–Crippen LogP) is 2.46. The van der Waals surface area contributed by atoms with Gasteiger partial charge in [-0.3, -0.25) is 9.69 Å². The van der Waals surface area contributed by atoms with Crippen molar-refractivity contribution in [3.05, 3.63) is 11.7 Å². The van der Waals surface area contributed by atoms with E-state index in [1.165, 1.54) is 0 Å². The van der Waals surface area contributed by atoms with Gasteiger partial charge in [0.15, 0.2) is 5.82 Å². The van der Waals surface area contributed by atoms with Crippen LogP contribution < -0.4 is 5.32 Å². The van der Waals surface area contributed by atoms with Gasteiger partial charge in [-0.2, -0.15) is 4.98 Å². The molecule has 3 rings (SSSR count). The smallest absolute Gasteiger partial charge is 0.243 e. The number of piperidine rings is 1. The van der Waals surface area contributed by atoms with Crippen LogP contribution in [0.25, 0.3) is 0 Å². The second-order valence-corrected chi connectivity index (χ2v) is 6.92. The minimum absolute atomic E-state index is 0.151. The number of carbonyl (C=O) groups is 1. The summed E-state index contributed by atoms with van der Waals surface area (Å²) in [5.41, 5.74) is 0. The lowest BCUT2D eigenvalue weighted by atomic mass is 10.0. The molecule has 6 heteroatoms. The molecule has 0 spiro atoms. The molecule has 1 aliphatic heterocycles. The van der Waals surface area contributed by atoms with Crippen LogP contribution >= 0.6 is 0 Å². The SMILES string of the molecule is CCCCc1noc([C@H](C)N2CCC(NC(=O)C3CC3)CC2)n1. The zero-order valence-electron chi connectivity index (χ0n) is 14.3. The number of carbonyl (C=O) groups excluding carboxylic acids is 1. The summed E-state index contributed by atoms with van der Waals surface area (Å²) in [7, 11) is 0. The molecule has 2 fully saturated rings. The van der Waals surface area contributed by atoms with E-state index < -0.39 is 0 Å². The summed E-state index contributed by atoms with van der Waals surface area (Å²) in [5, 5.41) is 7.27. The Morgan fingerprint density at radius 1 is 1.35 bits per heavy atom. The second kappa shape index (κ2) is 7.43. The van der Waals surface area contributed by atoms with Gasteiger partial charge in [0, 0.05) is 31.5 Å². The van der Waals surface area contributed by atoms with E-state index in [2.05, 4.69) is 34.2 Å². The highest BCUT2D eigenvalue weighted by Crippen LogP contribution is 2.30. The average Bonchev–Trinajstić information content (AvgIpc) is 3.32. The molecule has 128 valence electrons. The number of amides is 1. The van der Waals surface area contributed by atoms with Gasteiger partial charge in [-0.05, 0) is 39.0 Å². The fraction of sp³-hybridized carbons (Fsp3) is 0.824. The van der Waals surface area contributed by atoms with Crippen molar-refractivity contribution in [2.24, 2.45) is 5.92 Å². The van der Waals surface area contributed by atoms with Crippen LogP contribution in [0.3, 0.4) is 0 Å². The summed E-state index contributed by atoms with van der Waals surface area (Å²) in [6, 6.07) is 0.479. The van der Waals surface area contributed by atoms with Gasteiger partial charge in [0.1, 0.15) is 0 Å². The molecular formula is C17H28N4O2. The van der Waals surface area contributed by atoms with Gasteiger partial charge in [-0.1, -0.05) is 18.5 Å². The molecule has 0 bridgehead atoms. The highest BCUT2D eigenvalue weighted by molar-refractivity contribution is 5.81. The molecule has 1 saturated heterocycles. The van der Waals surface area contributed by atoms with Crippen LogP contribution in [0, 0.1) is 5.92 Å². The quantitative estimate of drug-likeness (QED) is 0.835. The normalized spacial score (nSPS) is 21.3. The van der Waals surface area contributed by atoms with Crippen LogP contribution in [-0.4, -0.2) is 40.1 Å². The first-order valence-electron chi connectivity index (χ1n) is 9.04. The Bertz CT molecular complexity index is 518. The Morgan fingerprint density at radius 3 is 2.74 bits per heavy atom. The third-order valence-corrected chi connectivity index (χ3v) is 4.97. The number of unbranched alkanes of at least 4 members (excludes halogenated alkanes) is 1. The zero-order valence-corrected chi connectivity index (χ0v) is 14.3. The number of hydrogen-bond donors (Lipinski definition) is 1. The van der Waals surface area contributed by atoms with Crippen molar-refractivity contribution in [3.8, 4) is 0 Å². The van der Waals surface area contributed by atoms with Crippen molar-refractivity contribution in [3.63, 3.8) is 0 Å². The van der Waals surface area contributed by atoms with Crippen LogP contribution in [0.15, 0.2) is 4.52 Å². The fourth-order valence-corrected chi connectivity index (χ4v) is 3.13. The van der Waals surface area contributed by atoms with Gasteiger partial charge in [0.05, 0.1) is 6.04 Å². The average molecular weight is 320 g/mol. The van der Waals surface area contributed by atoms with E-state index >= 15 is 0 Å². The van der Waals surface area contributed by atoms with Gasteiger partial charge in [0.2, 0.25) is 11.8 Å². The first-order chi connectivity index (χ1) is 11.2. The van der Waals surface area contributed by atoms with E-state index in [1.54, 1.807) is 0 Å². The Morgan fingerprint density at radius 2 is 2.09 bits per heavy atom. The molecule has 0 unspecified atom stereocenters. The number of aromatic nitrogens is 2. The molecule has 1 N–H and O–H groups in total. The van der Waals surface area contributed by atoms with E-state index in [0.717, 1.165) is 69.8 Å². The number of nitrogens with zero attached hydrogens (tertiary/aromatic N) is 3. The first kappa shape index (κ1) is 16.4. The summed E-state index contributed by atoms with van der Waals surface area (Å²) >= 11 is 0. The summed E-state index contributed by atoms with van der Waals surface area (Å²) in [6.45, 7) is 6.21. The molecular weight excluding hydrogens is 292 g/mol. The van der Waals surface area contributed by atoms with Crippen molar-refractivity contribution in [1.82, 2.24) is 20.4 Å². The third-order valence-electron chi connectivity index (χ3n) is 4.97. The number of likely N-dealkylation sites (tertiary alicyclic amines) is 1. The maximum Gasteiger partial charge on any atom is 0.243 e. The van der Waals surface area contributed by atoms with Crippen LogP contribution in [0.1, 0.15) is 70.1 Å². The molecule has 2 heterocycles. The zero-order chi connectivity index (χ0) is 16.2. The van der Waals surface area contributed by atoms with Gasteiger partial charge in [-0.15, -0.1) is 0 Å². The van der Waals surface area contributed by atoms with Crippen molar-refractivity contribution in [2.45, 2.75) is 70.9 Å². The minimum atomic E-state index is 0.151. The largest absolute Gasteiger partial charge is 0.353 e. The minimum Gasteiger partial charge on any atom is -0.353 e. The summed E-state index contributed by atoms with van der Waals surface area (Å²) < 4.78 is 5.44. The highest BCUT2D eigenvalue weighted by atomic mass is 16.5. The Kier molecular flexibility index (Phi) is 5.30. The van der Waals surface area contributed by atoms with E-state index in [-0.39, 0.29) is 11.9 Å². The fourth-order valence-electron chi connectivity index (χ4n) is 3.13. The summed E-state index contributed by atoms with van der Waals surface area (Å²) in [5.74, 6) is 2.10. The predicted molar refractivity (Wildman–Crippen MR) is 86.8 cm³/mol. The lowest BCUT2D eigenvalue weighted by Gasteiger charge is -2.34. The highest BCUT2D eigenvalue weighted by Gasteiger charge is 2.32. The van der Waals surface area contributed by atoms with Gasteiger partial charge < -0.3 is 9.84 Å². The Balaban J connectivity index is 1.46. The van der Waals surface area contributed by atoms with Gasteiger partial charge in [0.25, 0.3) is 0 Å².